The lowest BCUT2D eigenvalue weighted by Crippen LogP contribution is -2.45. The molecule has 0 radical (unpaired) electrons. The van der Waals surface area contributed by atoms with Gasteiger partial charge >= 0.3 is 0 Å². The molecule has 31 heavy (non-hydrogen) atoms. The van der Waals surface area contributed by atoms with Crippen LogP contribution in [-0.2, 0) is 10.3 Å². The summed E-state index contributed by atoms with van der Waals surface area (Å²) in [5.41, 5.74) is 1.04. The van der Waals surface area contributed by atoms with Crippen LogP contribution < -0.4 is 4.74 Å². The second-order valence-electron chi connectivity index (χ2n) is 8.60. The molecule has 0 spiro atoms. The zero-order valence-corrected chi connectivity index (χ0v) is 20.3. The molecule has 1 N–H and O–H groups in total. The molecule has 2 aromatic carbocycles. The Morgan fingerprint density at radius 3 is 2.23 bits per heavy atom. The first-order valence-electron chi connectivity index (χ1n) is 10.8. The van der Waals surface area contributed by atoms with E-state index < -0.39 is 5.60 Å². The van der Waals surface area contributed by atoms with Crippen LogP contribution in [0.5, 0.6) is 5.75 Å². The number of benzene rings is 2. The molecule has 2 aromatic rings. The number of hydrogen-bond acceptors (Lipinski definition) is 4. The number of halogens is 2. The standard InChI is InChI=1S/C25H34ClNO3.ClH/c1-19(2)12-13-25(28,21-6-10-23(29-3)11-7-21)24(18-27-14-16-30-17-15-27)20-4-8-22(26)9-5-20;/h4-11,19,24,28H,12-18H2,1-3H3;1H. The fourth-order valence-electron chi connectivity index (χ4n) is 4.18. The van der Waals surface area contributed by atoms with Crippen LogP contribution in [0.4, 0.5) is 0 Å². The van der Waals surface area contributed by atoms with Crippen LogP contribution in [0, 0.1) is 5.92 Å². The maximum absolute atomic E-state index is 12.3. The summed E-state index contributed by atoms with van der Waals surface area (Å²) < 4.78 is 10.9. The minimum absolute atomic E-state index is 0. The molecule has 1 fully saturated rings. The zero-order chi connectivity index (χ0) is 21.6. The van der Waals surface area contributed by atoms with Gasteiger partial charge in [-0.15, -0.1) is 12.4 Å². The van der Waals surface area contributed by atoms with Crippen LogP contribution in [0.2, 0.25) is 5.02 Å². The third-order valence-electron chi connectivity index (χ3n) is 6.09. The van der Waals surface area contributed by atoms with Gasteiger partial charge in [0.25, 0.3) is 0 Å². The van der Waals surface area contributed by atoms with Gasteiger partial charge in [0.05, 0.1) is 25.9 Å². The fourth-order valence-corrected chi connectivity index (χ4v) is 4.30. The molecule has 0 aromatic heterocycles. The van der Waals surface area contributed by atoms with E-state index in [9.17, 15) is 5.11 Å². The van der Waals surface area contributed by atoms with Crippen molar-refractivity contribution in [1.29, 1.82) is 0 Å². The molecule has 6 heteroatoms. The van der Waals surface area contributed by atoms with Gasteiger partial charge in [-0.2, -0.15) is 0 Å². The zero-order valence-electron chi connectivity index (χ0n) is 18.7. The Morgan fingerprint density at radius 1 is 1.06 bits per heavy atom. The first-order chi connectivity index (χ1) is 14.4. The summed E-state index contributed by atoms with van der Waals surface area (Å²) in [6.45, 7) is 8.41. The highest BCUT2D eigenvalue weighted by atomic mass is 35.5. The number of rotatable bonds is 9. The van der Waals surface area contributed by atoms with E-state index in [0.717, 1.165) is 56.1 Å². The molecular weight excluding hydrogens is 433 g/mol. The van der Waals surface area contributed by atoms with E-state index in [1.165, 1.54) is 0 Å². The molecule has 0 bridgehead atoms. The lowest BCUT2D eigenvalue weighted by atomic mass is 9.73. The molecule has 3 rings (SSSR count). The van der Waals surface area contributed by atoms with Crippen molar-refractivity contribution in [2.75, 3.05) is 40.0 Å². The molecule has 1 saturated heterocycles. The van der Waals surface area contributed by atoms with Crippen molar-refractivity contribution >= 4 is 24.0 Å². The Hall–Kier alpha value is -1.30. The molecule has 0 aliphatic carbocycles. The summed E-state index contributed by atoms with van der Waals surface area (Å²) in [5.74, 6) is 1.21. The van der Waals surface area contributed by atoms with Crippen LogP contribution in [0.25, 0.3) is 0 Å². The van der Waals surface area contributed by atoms with Crippen molar-refractivity contribution in [3.8, 4) is 5.75 Å². The highest BCUT2D eigenvalue weighted by Gasteiger charge is 2.40. The predicted molar refractivity (Wildman–Crippen MR) is 130 cm³/mol. The lowest BCUT2D eigenvalue weighted by Gasteiger charge is -2.41. The van der Waals surface area contributed by atoms with Crippen molar-refractivity contribution in [2.45, 2.75) is 38.2 Å². The fraction of sp³-hybridized carbons (Fsp3) is 0.520. The van der Waals surface area contributed by atoms with Crippen molar-refractivity contribution in [2.24, 2.45) is 5.92 Å². The molecule has 1 aliphatic heterocycles. The van der Waals surface area contributed by atoms with Gasteiger partial charge in [-0.1, -0.05) is 49.7 Å². The maximum Gasteiger partial charge on any atom is 0.118 e. The summed E-state index contributed by atoms with van der Waals surface area (Å²) in [4.78, 5) is 2.40. The highest BCUT2D eigenvalue weighted by Crippen LogP contribution is 2.43. The SMILES string of the molecule is COc1ccc(C(O)(CCC(C)C)C(CN2CCOCC2)c2ccc(Cl)cc2)cc1.Cl. The van der Waals surface area contributed by atoms with Gasteiger partial charge in [0.15, 0.2) is 0 Å². The Balaban J connectivity index is 0.00000341. The van der Waals surface area contributed by atoms with E-state index in [1.54, 1.807) is 7.11 Å². The largest absolute Gasteiger partial charge is 0.497 e. The number of aliphatic hydroxyl groups is 1. The number of hydrogen-bond donors (Lipinski definition) is 1. The molecule has 0 saturated carbocycles. The monoisotopic (exact) mass is 467 g/mol. The van der Waals surface area contributed by atoms with E-state index >= 15 is 0 Å². The Kier molecular flexibility index (Phi) is 10.1. The van der Waals surface area contributed by atoms with E-state index in [1.807, 2.05) is 36.4 Å². The summed E-state index contributed by atoms with van der Waals surface area (Å²) in [6.07, 6.45) is 1.63. The van der Waals surface area contributed by atoms with Gasteiger partial charge in [-0.25, -0.2) is 0 Å². The third kappa shape index (κ3) is 6.84. The van der Waals surface area contributed by atoms with Crippen LogP contribution >= 0.6 is 24.0 Å². The number of nitrogens with zero attached hydrogens (tertiary/aromatic N) is 1. The summed E-state index contributed by atoms with van der Waals surface area (Å²) in [5, 5.41) is 13.0. The lowest BCUT2D eigenvalue weighted by molar-refractivity contribution is -0.0311. The molecular formula is C25H35Cl2NO3. The van der Waals surface area contributed by atoms with Crippen molar-refractivity contribution in [3.63, 3.8) is 0 Å². The van der Waals surface area contributed by atoms with Crippen molar-refractivity contribution in [3.05, 3.63) is 64.7 Å². The van der Waals surface area contributed by atoms with Crippen LogP contribution in [0.15, 0.2) is 48.5 Å². The first kappa shape index (κ1) is 26.0. The van der Waals surface area contributed by atoms with Gasteiger partial charge in [0.1, 0.15) is 5.75 Å². The van der Waals surface area contributed by atoms with E-state index in [4.69, 9.17) is 21.1 Å². The topological polar surface area (TPSA) is 41.9 Å². The average Bonchev–Trinajstić information content (AvgIpc) is 2.77. The highest BCUT2D eigenvalue weighted by molar-refractivity contribution is 6.30. The van der Waals surface area contributed by atoms with Gasteiger partial charge in [-0.3, -0.25) is 4.90 Å². The van der Waals surface area contributed by atoms with Gasteiger partial charge in [-0.05, 0) is 54.2 Å². The molecule has 4 nitrogen and oxygen atoms in total. The second-order valence-corrected chi connectivity index (χ2v) is 9.04. The second kappa shape index (κ2) is 12.1. The van der Waals surface area contributed by atoms with Gasteiger partial charge < -0.3 is 14.6 Å². The first-order valence-corrected chi connectivity index (χ1v) is 11.2. The summed E-state index contributed by atoms with van der Waals surface area (Å²) in [7, 11) is 1.66. The van der Waals surface area contributed by atoms with Crippen molar-refractivity contribution in [1.82, 2.24) is 4.90 Å². The van der Waals surface area contributed by atoms with Crippen LogP contribution in [0.1, 0.15) is 43.7 Å². The number of ether oxygens (including phenoxy) is 2. The normalized spacial score (nSPS) is 17.6. The van der Waals surface area contributed by atoms with Crippen LogP contribution in [-0.4, -0.2) is 50.0 Å². The van der Waals surface area contributed by atoms with E-state index in [2.05, 4.69) is 30.9 Å². The summed E-state index contributed by atoms with van der Waals surface area (Å²) >= 11 is 6.17. The third-order valence-corrected chi connectivity index (χ3v) is 6.34. The van der Waals surface area contributed by atoms with E-state index in [-0.39, 0.29) is 18.3 Å². The quantitative estimate of drug-likeness (QED) is 0.527. The van der Waals surface area contributed by atoms with E-state index in [0.29, 0.717) is 17.4 Å². The minimum Gasteiger partial charge on any atom is -0.497 e. The average molecular weight is 468 g/mol. The van der Waals surface area contributed by atoms with Crippen molar-refractivity contribution < 1.29 is 14.6 Å². The molecule has 172 valence electrons. The molecule has 2 atom stereocenters. The smallest absolute Gasteiger partial charge is 0.118 e. The van der Waals surface area contributed by atoms with Crippen LogP contribution in [0.3, 0.4) is 0 Å². The number of methoxy groups -OCH3 is 1. The molecule has 1 heterocycles. The summed E-state index contributed by atoms with van der Waals surface area (Å²) in [6, 6.07) is 15.8. The number of morpholine rings is 1. The minimum atomic E-state index is -0.997. The Morgan fingerprint density at radius 2 is 1.68 bits per heavy atom. The van der Waals surface area contributed by atoms with Gasteiger partial charge in [0, 0.05) is 30.6 Å². The maximum atomic E-state index is 12.3. The van der Waals surface area contributed by atoms with Gasteiger partial charge in [0.2, 0.25) is 0 Å². The molecule has 2 unspecified atom stereocenters. The Labute approximate surface area is 197 Å². The molecule has 1 aliphatic rings. The predicted octanol–water partition coefficient (Wildman–Crippen LogP) is 5.51. The molecule has 0 amide bonds. The Bertz CT molecular complexity index is 776.